The van der Waals surface area contributed by atoms with Gasteiger partial charge >= 0.3 is 47.9 Å². The maximum atomic E-state index is 13.6. The molecule has 0 aliphatic rings. The molecule has 0 unspecified atom stereocenters. The molecule has 1 radical (unpaired) electrons. The van der Waals surface area contributed by atoms with Crippen molar-refractivity contribution in [3.8, 4) is 11.5 Å². The van der Waals surface area contributed by atoms with E-state index >= 15 is 0 Å². The molecule has 0 atom stereocenters. The summed E-state index contributed by atoms with van der Waals surface area (Å²) in [6.45, 7) is -3.10. The standard InChI is InChI=1S/C15H7F16O2/c16-8(17)10(20,21)12(24,25)14(28,29)15(30,31)13(26,27)11(22,23)9(18,19)5-33-7-4-2-1-3-6(7)32/h1-4,8H,5H2. The van der Waals surface area contributed by atoms with Gasteiger partial charge in [0.2, 0.25) is 5.75 Å². The lowest BCUT2D eigenvalue weighted by Crippen LogP contribution is -2.74. The zero-order chi connectivity index (χ0) is 26.5. The normalized spacial score (nSPS) is 15.2. The average Bonchev–Trinajstić information content (AvgIpc) is 2.66. The van der Waals surface area contributed by atoms with Gasteiger partial charge in [0.25, 0.3) is 0 Å². The second kappa shape index (κ2) is 8.18. The molecule has 1 rings (SSSR count). The largest absolute Gasteiger partial charge is 0.483 e. The summed E-state index contributed by atoms with van der Waals surface area (Å²) >= 11 is 0. The number of hydrogen-bond acceptors (Lipinski definition) is 1. The molecule has 0 aromatic heterocycles. The van der Waals surface area contributed by atoms with Gasteiger partial charge in [0.15, 0.2) is 12.4 Å². The van der Waals surface area contributed by atoms with Crippen LogP contribution >= 0.6 is 0 Å². The van der Waals surface area contributed by atoms with Crippen LogP contribution in [0.4, 0.5) is 70.2 Å². The van der Waals surface area contributed by atoms with Crippen LogP contribution in [0.1, 0.15) is 0 Å². The molecule has 18 heteroatoms. The molecule has 0 heterocycles. The summed E-state index contributed by atoms with van der Waals surface area (Å²) in [7, 11) is 0. The van der Waals surface area contributed by atoms with E-state index in [-0.39, 0.29) is 0 Å². The van der Waals surface area contributed by atoms with Gasteiger partial charge in [-0.3, -0.25) is 5.11 Å². The second-order valence-electron chi connectivity index (χ2n) is 6.24. The van der Waals surface area contributed by atoms with Crippen LogP contribution in [0, 0.1) is 0 Å². The van der Waals surface area contributed by atoms with E-state index in [4.69, 9.17) is 0 Å². The highest BCUT2D eigenvalue weighted by atomic mass is 19.4. The van der Waals surface area contributed by atoms with Crippen molar-refractivity contribution in [1.29, 1.82) is 0 Å². The number of rotatable bonds is 10. The molecule has 2 nitrogen and oxygen atoms in total. The summed E-state index contributed by atoms with van der Waals surface area (Å²) < 4.78 is 214. The van der Waals surface area contributed by atoms with Crippen LogP contribution in [0.3, 0.4) is 0 Å². The highest BCUT2D eigenvalue weighted by molar-refractivity contribution is 5.37. The summed E-state index contributed by atoms with van der Waals surface area (Å²) in [5.41, 5.74) is 0. The summed E-state index contributed by atoms with van der Waals surface area (Å²) in [6, 6.07) is 2.83. The van der Waals surface area contributed by atoms with E-state index in [0.29, 0.717) is 12.1 Å². The van der Waals surface area contributed by atoms with Gasteiger partial charge in [-0.15, -0.1) is 0 Å². The van der Waals surface area contributed by atoms with Crippen LogP contribution in [0.15, 0.2) is 24.3 Å². The smallest absolute Gasteiger partial charge is 0.385 e. The molecule has 0 saturated carbocycles. The van der Waals surface area contributed by atoms with Gasteiger partial charge in [-0.25, -0.2) is 8.78 Å². The van der Waals surface area contributed by atoms with Gasteiger partial charge in [0, 0.05) is 0 Å². The first-order valence-corrected chi connectivity index (χ1v) is 7.75. The van der Waals surface area contributed by atoms with Gasteiger partial charge in [-0.2, -0.15) is 61.5 Å². The number of para-hydroxylation sites is 2. The fourth-order valence-corrected chi connectivity index (χ4v) is 2.00. The summed E-state index contributed by atoms with van der Waals surface area (Å²) in [6.07, 6.45) is -5.90. The molecular weight excluding hydrogens is 516 g/mol. The van der Waals surface area contributed by atoms with Gasteiger partial charge in [-0.05, 0) is 12.1 Å². The first-order chi connectivity index (χ1) is 14.4. The van der Waals surface area contributed by atoms with Crippen molar-refractivity contribution < 1.29 is 80.1 Å². The first kappa shape index (κ1) is 28.7. The van der Waals surface area contributed by atoms with Crippen LogP contribution < -0.4 is 4.74 Å². The van der Waals surface area contributed by atoms with E-state index in [2.05, 4.69) is 4.74 Å². The van der Waals surface area contributed by atoms with E-state index in [1.807, 2.05) is 0 Å². The SMILES string of the molecule is [O]c1ccccc1OCC(F)(F)C(F)(F)C(F)(F)C(F)(F)C(F)(F)C(F)(F)C(F)(F)C(F)F. The van der Waals surface area contributed by atoms with Crippen LogP contribution in [-0.4, -0.2) is 54.5 Å². The van der Waals surface area contributed by atoms with Crippen LogP contribution in [-0.2, 0) is 5.11 Å². The van der Waals surface area contributed by atoms with E-state index < -0.39 is 66.0 Å². The molecule has 0 aliphatic carbocycles. The predicted octanol–water partition coefficient (Wildman–Crippen LogP) is 6.92. The third-order valence-electron chi connectivity index (χ3n) is 3.99. The van der Waals surface area contributed by atoms with Crippen molar-refractivity contribution in [2.45, 2.75) is 47.9 Å². The number of hydrogen-bond donors (Lipinski definition) is 0. The van der Waals surface area contributed by atoms with Gasteiger partial charge in [0.1, 0.15) is 0 Å². The molecule has 0 aliphatic heterocycles. The minimum Gasteiger partial charge on any atom is -0.483 e. The van der Waals surface area contributed by atoms with Crippen molar-refractivity contribution in [1.82, 2.24) is 0 Å². The van der Waals surface area contributed by atoms with Crippen LogP contribution in [0.5, 0.6) is 11.5 Å². The van der Waals surface area contributed by atoms with Crippen molar-refractivity contribution in [2.24, 2.45) is 0 Å². The second-order valence-corrected chi connectivity index (χ2v) is 6.24. The molecule has 0 saturated heterocycles. The van der Waals surface area contributed by atoms with Crippen molar-refractivity contribution in [3.63, 3.8) is 0 Å². The highest BCUT2D eigenvalue weighted by Gasteiger charge is 2.93. The lowest BCUT2D eigenvalue weighted by molar-refractivity contribution is -0.447. The Morgan fingerprint density at radius 3 is 1.45 bits per heavy atom. The van der Waals surface area contributed by atoms with Gasteiger partial charge in [-0.1, -0.05) is 12.1 Å². The third-order valence-corrected chi connectivity index (χ3v) is 3.99. The van der Waals surface area contributed by atoms with E-state index in [1.165, 1.54) is 0 Å². The van der Waals surface area contributed by atoms with E-state index in [1.54, 1.807) is 0 Å². The Labute approximate surface area is 171 Å². The molecule has 0 fully saturated rings. The van der Waals surface area contributed by atoms with E-state index in [0.717, 1.165) is 12.1 Å². The highest BCUT2D eigenvalue weighted by Crippen LogP contribution is 2.62. The summed E-state index contributed by atoms with van der Waals surface area (Å²) in [5, 5.41) is 11.2. The Morgan fingerprint density at radius 1 is 0.636 bits per heavy atom. The summed E-state index contributed by atoms with van der Waals surface area (Å²) in [5.74, 6) is -57.8. The fourth-order valence-electron chi connectivity index (χ4n) is 2.00. The Morgan fingerprint density at radius 2 is 1.03 bits per heavy atom. The number of benzene rings is 1. The zero-order valence-corrected chi connectivity index (χ0v) is 15.0. The van der Waals surface area contributed by atoms with E-state index in [9.17, 15) is 75.4 Å². The Bertz CT molecular complexity index is 835. The molecule has 0 N–H and O–H groups in total. The minimum atomic E-state index is -8.47. The molecule has 0 spiro atoms. The maximum Gasteiger partial charge on any atom is 0.385 e. The van der Waals surface area contributed by atoms with Crippen LogP contribution in [0.25, 0.3) is 0 Å². The number of ether oxygens (including phenoxy) is 1. The molecule has 1 aromatic carbocycles. The predicted molar refractivity (Wildman–Crippen MR) is 72.7 cm³/mol. The molecule has 0 bridgehead atoms. The lowest BCUT2D eigenvalue weighted by atomic mass is 9.89. The minimum absolute atomic E-state index is 0.491. The Hall–Kier alpha value is -2.30. The van der Waals surface area contributed by atoms with Gasteiger partial charge < -0.3 is 4.74 Å². The average molecular weight is 523 g/mol. The Balaban J connectivity index is 3.44. The topological polar surface area (TPSA) is 29.1 Å². The quantitative estimate of drug-likeness (QED) is 0.306. The monoisotopic (exact) mass is 523 g/mol. The van der Waals surface area contributed by atoms with Gasteiger partial charge in [0.05, 0.1) is 0 Å². The third kappa shape index (κ3) is 4.08. The maximum absolute atomic E-state index is 13.6. The lowest BCUT2D eigenvalue weighted by Gasteiger charge is -2.42. The van der Waals surface area contributed by atoms with Crippen molar-refractivity contribution >= 4 is 0 Å². The first-order valence-electron chi connectivity index (χ1n) is 7.75. The molecule has 0 amide bonds. The van der Waals surface area contributed by atoms with Crippen molar-refractivity contribution in [3.05, 3.63) is 24.3 Å². The molecule has 33 heavy (non-hydrogen) atoms. The molecule has 191 valence electrons. The molecule has 1 aromatic rings. The van der Waals surface area contributed by atoms with Crippen molar-refractivity contribution in [2.75, 3.05) is 6.61 Å². The molecular formula is C15H7F16O2. The number of halogens is 16. The van der Waals surface area contributed by atoms with Crippen LogP contribution in [0.2, 0.25) is 0 Å². The summed E-state index contributed by atoms with van der Waals surface area (Å²) in [4.78, 5) is 0. The fraction of sp³-hybridized carbons (Fsp3) is 0.600. The Kier molecular flexibility index (Phi) is 7.12. The number of alkyl halides is 16. The zero-order valence-electron chi connectivity index (χ0n) is 15.0.